The van der Waals surface area contributed by atoms with Crippen LogP contribution in [-0.4, -0.2) is 48.4 Å². The van der Waals surface area contributed by atoms with E-state index in [2.05, 4.69) is 9.82 Å². The van der Waals surface area contributed by atoms with Gasteiger partial charge in [-0.25, -0.2) is 17.5 Å². The van der Waals surface area contributed by atoms with Gasteiger partial charge in [0.25, 0.3) is 5.91 Å². The summed E-state index contributed by atoms with van der Waals surface area (Å²) in [6, 6.07) is 5.55. The SMILES string of the molecule is Cc1cc(F)ccc1C(=O)N1Cc2ccnn2C(CNS(C)(=O)=O)C1. The molecule has 0 saturated heterocycles. The Labute approximate surface area is 145 Å². The second-order valence-corrected chi connectivity index (χ2v) is 8.02. The van der Waals surface area contributed by atoms with E-state index in [1.165, 1.54) is 18.2 Å². The van der Waals surface area contributed by atoms with Gasteiger partial charge in [-0.2, -0.15) is 5.10 Å². The molecule has 25 heavy (non-hydrogen) atoms. The van der Waals surface area contributed by atoms with E-state index in [1.807, 2.05) is 0 Å². The standard InChI is InChI=1S/C16H19FN4O3S/c1-11-7-12(17)3-4-15(11)16(22)20-9-13-5-6-18-21(13)14(10-20)8-19-25(2,23)24/h3-7,14,19H,8-10H2,1-2H3. The second kappa shape index (κ2) is 6.57. The molecule has 0 spiro atoms. The Morgan fingerprint density at radius 3 is 2.84 bits per heavy atom. The summed E-state index contributed by atoms with van der Waals surface area (Å²) >= 11 is 0. The van der Waals surface area contributed by atoms with Crippen LogP contribution in [0, 0.1) is 12.7 Å². The molecule has 0 radical (unpaired) electrons. The zero-order valence-electron chi connectivity index (χ0n) is 13.9. The molecule has 1 aromatic carbocycles. The largest absolute Gasteiger partial charge is 0.331 e. The number of nitrogens with zero attached hydrogens (tertiary/aromatic N) is 3. The Kier molecular flexibility index (Phi) is 4.61. The monoisotopic (exact) mass is 366 g/mol. The van der Waals surface area contributed by atoms with Gasteiger partial charge in [-0.15, -0.1) is 0 Å². The summed E-state index contributed by atoms with van der Waals surface area (Å²) in [4.78, 5) is 14.5. The van der Waals surface area contributed by atoms with Gasteiger partial charge in [0.2, 0.25) is 10.0 Å². The predicted octanol–water partition coefficient (Wildman–Crippen LogP) is 1.08. The van der Waals surface area contributed by atoms with Crippen molar-refractivity contribution < 1.29 is 17.6 Å². The molecule has 134 valence electrons. The van der Waals surface area contributed by atoms with Crippen molar-refractivity contribution in [1.29, 1.82) is 0 Å². The number of benzene rings is 1. The van der Waals surface area contributed by atoms with Crippen LogP contribution in [-0.2, 0) is 16.6 Å². The third-order valence-electron chi connectivity index (χ3n) is 4.17. The van der Waals surface area contributed by atoms with Gasteiger partial charge in [0.05, 0.1) is 24.5 Å². The first-order valence-corrected chi connectivity index (χ1v) is 9.66. The highest BCUT2D eigenvalue weighted by atomic mass is 32.2. The maximum Gasteiger partial charge on any atom is 0.254 e. The van der Waals surface area contributed by atoms with Gasteiger partial charge >= 0.3 is 0 Å². The topological polar surface area (TPSA) is 84.3 Å². The Hall–Kier alpha value is -2.26. The third-order valence-corrected chi connectivity index (χ3v) is 4.86. The fraction of sp³-hybridized carbons (Fsp3) is 0.375. The number of aryl methyl sites for hydroxylation is 1. The number of halogens is 1. The van der Waals surface area contributed by atoms with Crippen molar-refractivity contribution in [1.82, 2.24) is 19.4 Å². The van der Waals surface area contributed by atoms with Crippen LogP contribution in [0.4, 0.5) is 4.39 Å². The minimum absolute atomic E-state index is 0.139. The quantitative estimate of drug-likeness (QED) is 0.877. The van der Waals surface area contributed by atoms with Crippen molar-refractivity contribution in [3.63, 3.8) is 0 Å². The molecular weight excluding hydrogens is 347 g/mol. The zero-order valence-corrected chi connectivity index (χ0v) is 14.8. The van der Waals surface area contributed by atoms with E-state index in [0.717, 1.165) is 11.9 Å². The molecule has 0 saturated carbocycles. The van der Waals surface area contributed by atoms with Gasteiger partial charge in [-0.3, -0.25) is 9.48 Å². The Morgan fingerprint density at radius 1 is 1.40 bits per heavy atom. The normalized spacial score (nSPS) is 17.4. The number of amides is 1. The maximum absolute atomic E-state index is 13.3. The lowest BCUT2D eigenvalue weighted by molar-refractivity contribution is 0.0670. The lowest BCUT2D eigenvalue weighted by Crippen LogP contribution is -2.45. The van der Waals surface area contributed by atoms with Crippen molar-refractivity contribution in [3.8, 4) is 0 Å². The average molecular weight is 366 g/mol. The van der Waals surface area contributed by atoms with E-state index in [1.54, 1.807) is 28.8 Å². The first-order valence-electron chi connectivity index (χ1n) is 7.77. The molecule has 1 atom stereocenters. The van der Waals surface area contributed by atoms with E-state index >= 15 is 0 Å². The average Bonchev–Trinajstić information content (AvgIpc) is 2.99. The van der Waals surface area contributed by atoms with Crippen molar-refractivity contribution >= 4 is 15.9 Å². The van der Waals surface area contributed by atoms with Crippen LogP contribution in [0.5, 0.6) is 0 Å². The number of fused-ring (bicyclic) bond motifs is 1. The molecule has 2 heterocycles. The molecule has 0 fully saturated rings. The van der Waals surface area contributed by atoms with Crippen LogP contribution >= 0.6 is 0 Å². The summed E-state index contributed by atoms with van der Waals surface area (Å²) < 4.78 is 40.2. The summed E-state index contributed by atoms with van der Waals surface area (Å²) in [6.45, 7) is 2.50. The molecule has 1 aliphatic heterocycles. The van der Waals surface area contributed by atoms with Crippen molar-refractivity contribution in [2.75, 3.05) is 19.3 Å². The smallest absolute Gasteiger partial charge is 0.254 e. The van der Waals surface area contributed by atoms with Crippen LogP contribution < -0.4 is 4.72 Å². The summed E-state index contributed by atoms with van der Waals surface area (Å²) in [6.07, 6.45) is 2.71. The van der Waals surface area contributed by atoms with Gasteiger partial charge in [0.15, 0.2) is 0 Å². The molecule has 1 aromatic heterocycles. The molecule has 0 bridgehead atoms. The minimum Gasteiger partial charge on any atom is -0.331 e. The highest BCUT2D eigenvalue weighted by Crippen LogP contribution is 2.23. The first-order chi connectivity index (χ1) is 11.7. The third kappa shape index (κ3) is 3.88. The van der Waals surface area contributed by atoms with E-state index in [9.17, 15) is 17.6 Å². The summed E-state index contributed by atoms with van der Waals surface area (Å²) in [5.41, 5.74) is 1.82. The van der Waals surface area contributed by atoms with Crippen LogP contribution in [0.1, 0.15) is 27.7 Å². The van der Waals surface area contributed by atoms with Gasteiger partial charge in [-0.05, 0) is 36.8 Å². The van der Waals surface area contributed by atoms with Gasteiger partial charge < -0.3 is 4.90 Å². The summed E-state index contributed by atoms with van der Waals surface area (Å²) in [5.74, 6) is -0.602. The first kappa shape index (κ1) is 17.6. The molecule has 1 N–H and O–H groups in total. The maximum atomic E-state index is 13.3. The van der Waals surface area contributed by atoms with Crippen LogP contribution in [0.2, 0.25) is 0 Å². The number of aromatic nitrogens is 2. The predicted molar refractivity (Wildman–Crippen MR) is 90.0 cm³/mol. The van der Waals surface area contributed by atoms with Crippen LogP contribution in [0.15, 0.2) is 30.5 Å². The van der Waals surface area contributed by atoms with E-state index < -0.39 is 10.0 Å². The molecule has 0 aliphatic carbocycles. The number of hydrogen-bond donors (Lipinski definition) is 1. The van der Waals surface area contributed by atoms with Crippen LogP contribution in [0.3, 0.4) is 0 Å². The number of carbonyl (C=O) groups is 1. The molecule has 1 aliphatic rings. The fourth-order valence-electron chi connectivity index (χ4n) is 2.98. The zero-order chi connectivity index (χ0) is 18.2. The number of nitrogens with one attached hydrogen (secondary N) is 1. The molecule has 1 unspecified atom stereocenters. The molecule has 9 heteroatoms. The molecule has 1 amide bonds. The van der Waals surface area contributed by atoms with E-state index in [4.69, 9.17) is 0 Å². The fourth-order valence-corrected chi connectivity index (χ4v) is 3.47. The number of rotatable bonds is 4. The summed E-state index contributed by atoms with van der Waals surface area (Å²) in [7, 11) is -3.35. The molecule has 2 aromatic rings. The highest BCUT2D eigenvalue weighted by molar-refractivity contribution is 7.88. The second-order valence-electron chi connectivity index (χ2n) is 6.19. The lowest BCUT2D eigenvalue weighted by atomic mass is 10.1. The van der Waals surface area contributed by atoms with Gasteiger partial charge in [0.1, 0.15) is 5.82 Å². The Balaban J connectivity index is 1.85. The molecule has 7 nitrogen and oxygen atoms in total. The number of hydrogen-bond acceptors (Lipinski definition) is 4. The number of carbonyl (C=O) groups excluding carboxylic acids is 1. The van der Waals surface area contributed by atoms with Crippen LogP contribution in [0.25, 0.3) is 0 Å². The van der Waals surface area contributed by atoms with E-state index in [0.29, 0.717) is 24.2 Å². The minimum atomic E-state index is -3.35. The molecular formula is C16H19FN4O3S. The molecule has 3 rings (SSSR count). The van der Waals surface area contributed by atoms with E-state index in [-0.39, 0.29) is 24.3 Å². The van der Waals surface area contributed by atoms with Gasteiger partial charge in [-0.1, -0.05) is 0 Å². The Morgan fingerprint density at radius 2 is 2.16 bits per heavy atom. The lowest BCUT2D eigenvalue weighted by Gasteiger charge is -2.34. The van der Waals surface area contributed by atoms with Crippen molar-refractivity contribution in [2.24, 2.45) is 0 Å². The Bertz CT molecular complexity index is 910. The van der Waals surface area contributed by atoms with Gasteiger partial charge in [0, 0.05) is 24.8 Å². The highest BCUT2D eigenvalue weighted by Gasteiger charge is 2.30. The number of sulfonamides is 1. The summed E-state index contributed by atoms with van der Waals surface area (Å²) in [5, 5.41) is 4.23. The van der Waals surface area contributed by atoms with Crippen molar-refractivity contribution in [2.45, 2.75) is 19.5 Å². The van der Waals surface area contributed by atoms with Crippen molar-refractivity contribution in [3.05, 3.63) is 53.1 Å².